The fourth-order valence-corrected chi connectivity index (χ4v) is 5.41. The van der Waals surface area contributed by atoms with Crippen LogP contribution in [0.3, 0.4) is 0 Å². The molecule has 0 N–H and O–H groups in total. The van der Waals surface area contributed by atoms with Gasteiger partial charge in [-0.2, -0.15) is 5.10 Å². The van der Waals surface area contributed by atoms with Crippen molar-refractivity contribution in [2.45, 2.75) is 19.4 Å². The molecule has 5 aromatic rings. The monoisotopic (exact) mass is 510 g/mol. The summed E-state index contributed by atoms with van der Waals surface area (Å²) >= 11 is 7.87. The van der Waals surface area contributed by atoms with Crippen LogP contribution in [0.1, 0.15) is 29.8 Å². The van der Waals surface area contributed by atoms with E-state index in [1.54, 1.807) is 11.3 Å². The molecule has 0 spiro atoms. The van der Waals surface area contributed by atoms with Gasteiger partial charge in [0, 0.05) is 28.0 Å². The minimum atomic E-state index is -0.0934. The number of hydrazone groups is 1. The normalized spacial score (nSPS) is 15.3. The molecule has 0 aliphatic carbocycles. The first-order valence-electron chi connectivity index (χ1n) is 11.9. The minimum Gasteiger partial charge on any atom is -0.494 e. The van der Waals surface area contributed by atoms with Gasteiger partial charge in [-0.05, 0) is 42.6 Å². The molecule has 0 amide bonds. The predicted octanol–water partition coefficient (Wildman–Crippen LogP) is 7.77. The number of thiophene rings is 1. The van der Waals surface area contributed by atoms with E-state index >= 15 is 0 Å². The third-order valence-electron chi connectivity index (χ3n) is 6.21. The Kier molecular flexibility index (Phi) is 6.13. The smallest absolute Gasteiger partial charge is 0.247 e. The van der Waals surface area contributed by atoms with E-state index in [0.29, 0.717) is 17.6 Å². The van der Waals surface area contributed by atoms with Gasteiger partial charge in [0.2, 0.25) is 5.95 Å². The molecule has 3 aromatic carbocycles. The molecule has 2 aromatic heterocycles. The van der Waals surface area contributed by atoms with E-state index in [-0.39, 0.29) is 6.04 Å². The Bertz CT molecular complexity index is 1550. The highest BCUT2D eigenvalue weighted by molar-refractivity contribution is 7.12. The van der Waals surface area contributed by atoms with Crippen LogP contribution < -0.4 is 9.75 Å². The highest BCUT2D eigenvalue weighted by Gasteiger charge is 2.34. The zero-order valence-corrected chi connectivity index (χ0v) is 21.2. The zero-order chi connectivity index (χ0) is 24.5. The molecule has 1 aliphatic heterocycles. The van der Waals surface area contributed by atoms with E-state index in [2.05, 4.69) is 29.6 Å². The van der Waals surface area contributed by atoms with Crippen LogP contribution in [0.25, 0.3) is 22.2 Å². The highest BCUT2D eigenvalue weighted by atomic mass is 35.5. The van der Waals surface area contributed by atoms with E-state index in [4.69, 9.17) is 31.4 Å². The fourth-order valence-electron chi connectivity index (χ4n) is 4.57. The molecule has 0 saturated heterocycles. The number of anilines is 1. The third kappa shape index (κ3) is 4.23. The molecule has 1 aliphatic rings. The standard InChI is InChI=1S/C29H23ClN4OS/c1-2-35-26-11-6-4-9-22(26)25-18-24(27-12-7-17-36-27)33-34(25)29-31-23-10-5-3-8-21(23)28(32-29)19-13-15-20(30)16-14-19/h3-17,25H,2,18H2,1H3/t25-/m0/s1. The molecule has 3 heterocycles. The number of hydrogen-bond donors (Lipinski definition) is 0. The van der Waals surface area contributed by atoms with Crippen molar-refractivity contribution in [1.82, 2.24) is 9.97 Å². The highest BCUT2D eigenvalue weighted by Crippen LogP contribution is 2.41. The molecule has 5 nitrogen and oxygen atoms in total. The van der Waals surface area contributed by atoms with E-state index in [1.165, 1.54) is 0 Å². The Morgan fingerprint density at radius 2 is 1.75 bits per heavy atom. The van der Waals surface area contributed by atoms with Crippen molar-refractivity contribution in [3.05, 3.63) is 106 Å². The average molecular weight is 511 g/mol. The van der Waals surface area contributed by atoms with Crippen molar-refractivity contribution in [3.8, 4) is 17.0 Å². The van der Waals surface area contributed by atoms with Crippen LogP contribution in [-0.4, -0.2) is 22.3 Å². The lowest BCUT2D eigenvalue weighted by Gasteiger charge is -2.24. The number of halogens is 1. The second kappa shape index (κ2) is 9.72. The quantitative estimate of drug-likeness (QED) is 0.234. The number of benzene rings is 3. The van der Waals surface area contributed by atoms with Crippen molar-refractivity contribution in [1.29, 1.82) is 0 Å². The maximum atomic E-state index is 6.17. The number of aromatic nitrogens is 2. The van der Waals surface area contributed by atoms with Crippen molar-refractivity contribution in [2.75, 3.05) is 11.6 Å². The number of fused-ring (bicyclic) bond motifs is 1. The van der Waals surface area contributed by atoms with Gasteiger partial charge >= 0.3 is 0 Å². The number of para-hydroxylation sites is 2. The third-order valence-corrected chi connectivity index (χ3v) is 7.38. The molecule has 0 saturated carbocycles. The van der Waals surface area contributed by atoms with Crippen LogP contribution in [-0.2, 0) is 0 Å². The van der Waals surface area contributed by atoms with Gasteiger partial charge in [0.05, 0.1) is 34.4 Å². The molecule has 7 heteroatoms. The van der Waals surface area contributed by atoms with Crippen molar-refractivity contribution < 1.29 is 4.74 Å². The van der Waals surface area contributed by atoms with Gasteiger partial charge in [-0.15, -0.1) is 11.3 Å². The van der Waals surface area contributed by atoms with Crippen molar-refractivity contribution in [3.63, 3.8) is 0 Å². The molecular formula is C29H23ClN4OS. The molecule has 36 heavy (non-hydrogen) atoms. The molecule has 0 radical (unpaired) electrons. The predicted molar refractivity (Wildman–Crippen MR) is 148 cm³/mol. The molecule has 0 bridgehead atoms. The van der Waals surface area contributed by atoms with Crippen LogP contribution in [0.4, 0.5) is 5.95 Å². The van der Waals surface area contributed by atoms with Crippen LogP contribution >= 0.6 is 22.9 Å². The summed E-state index contributed by atoms with van der Waals surface area (Å²) in [5.74, 6) is 1.41. The van der Waals surface area contributed by atoms with E-state index in [1.807, 2.05) is 72.6 Å². The molecule has 6 rings (SSSR count). The number of nitrogens with zero attached hydrogens (tertiary/aromatic N) is 4. The molecule has 1 atom stereocenters. The molecule has 0 unspecified atom stereocenters. The van der Waals surface area contributed by atoms with E-state index < -0.39 is 0 Å². The lowest BCUT2D eigenvalue weighted by Crippen LogP contribution is -2.22. The van der Waals surface area contributed by atoms with Gasteiger partial charge in [-0.1, -0.05) is 66.2 Å². The SMILES string of the molecule is CCOc1ccccc1[C@@H]1CC(c2cccs2)=NN1c1nc(-c2ccc(Cl)cc2)c2ccccc2n1. The topological polar surface area (TPSA) is 50.6 Å². The van der Waals surface area contributed by atoms with Crippen LogP contribution in [0.15, 0.2) is 95.4 Å². The average Bonchev–Trinajstić information content (AvgIpc) is 3.60. The van der Waals surface area contributed by atoms with E-state index in [9.17, 15) is 0 Å². The lowest BCUT2D eigenvalue weighted by atomic mass is 10.00. The zero-order valence-electron chi connectivity index (χ0n) is 19.6. The summed E-state index contributed by atoms with van der Waals surface area (Å²) in [6.45, 7) is 2.59. The Hall–Kier alpha value is -3.74. The Morgan fingerprint density at radius 1 is 0.944 bits per heavy atom. The van der Waals surface area contributed by atoms with Crippen LogP contribution in [0, 0.1) is 0 Å². The maximum Gasteiger partial charge on any atom is 0.247 e. The summed E-state index contributed by atoms with van der Waals surface area (Å²) < 4.78 is 6.01. The van der Waals surface area contributed by atoms with Crippen molar-refractivity contribution >= 4 is 45.5 Å². The van der Waals surface area contributed by atoms with Gasteiger partial charge in [0.1, 0.15) is 5.75 Å². The van der Waals surface area contributed by atoms with Gasteiger partial charge in [-0.25, -0.2) is 15.0 Å². The second-order valence-corrected chi connectivity index (χ2v) is 9.84. The van der Waals surface area contributed by atoms with E-state index in [0.717, 1.165) is 50.5 Å². The Balaban J connectivity index is 1.53. The van der Waals surface area contributed by atoms with Gasteiger partial charge in [-0.3, -0.25) is 0 Å². The minimum absolute atomic E-state index is 0.0934. The Morgan fingerprint density at radius 3 is 2.56 bits per heavy atom. The van der Waals surface area contributed by atoms with Gasteiger partial charge in [0.15, 0.2) is 0 Å². The summed E-state index contributed by atoms with van der Waals surface area (Å²) in [6, 6.07) is 28.1. The largest absolute Gasteiger partial charge is 0.494 e. The second-order valence-electron chi connectivity index (χ2n) is 8.46. The molecular weight excluding hydrogens is 488 g/mol. The first-order valence-corrected chi connectivity index (χ1v) is 13.1. The van der Waals surface area contributed by atoms with Crippen LogP contribution in [0.5, 0.6) is 5.75 Å². The van der Waals surface area contributed by atoms with Crippen LogP contribution in [0.2, 0.25) is 5.02 Å². The Labute approximate surface area is 218 Å². The van der Waals surface area contributed by atoms with Gasteiger partial charge < -0.3 is 4.74 Å². The summed E-state index contributed by atoms with van der Waals surface area (Å²) in [6.07, 6.45) is 0.733. The van der Waals surface area contributed by atoms with Gasteiger partial charge in [0.25, 0.3) is 0 Å². The summed E-state index contributed by atoms with van der Waals surface area (Å²) in [5.41, 5.74) is 4.78. The first kappa shape index (κ1) is 22.7. The molecule has 0 fully saturated rings. The number of ether oxygens (including phenoxy) is 1. The maximum absolute atomic E-state index is 6.17. The first-order chi connectivity index (χ1) is 17.7. The summed E-state index contributed by atoms with van der Waals surface area (Å²) in [7, 11) is 0. The molecule has 178 valence electrons. The lowest BCUT2D eigenvalue weighted by molar-refractivity contribution is 0.334. The fraction of sp³-hybridized carbons (Fsp3) is 0.138. The van der Waals surface area contributed by atoms with Crippen molar-refractivity contribution in [2.24, 2.45) is 5.10 Å². The number of rotatable bonds is 6. The summed E-state index contributed by atoms with van der Waals surface area (Å²) in [5, 5.41) is 10.8. The number of hydrogen-bond acceptors (Lipinski definition) is 6. The summed E-state index contributed by atoms with van der Waals surface area (Å²) in [4.78, 5) is 11.2.